The molecular weight excluding hydrogens is 392 g/mol. The number of hydrogen-bond acceptors (Lipinski definition) is 2. The zero-order valence-electron chi connectivity index (χ0n) is 18.1. The van der Waals surface area contributed by atoms with E-state index in [1.807, 2.05) is 95.9 Å². The van der Waals surface area contributed by atoms with Crippen LogP contribution in [0.2, 0.25) is 0 Å². The molecule has 0 aliphatic rings. The molecule has 1 atom stereocenters. The number of amides is 1. The topological polar surface area (TPSA) is 46.3 Å². The Kier molecular flexibility index (Phi) is 7.11. The van der Waals surface area contributed by atoms with Crippen LogP contribution in [0.1, 0.15) is 21.5 Å². The summed E-state index contributed by atoms with van der Waals surface area (Å²) in [6.07, 6.45) is 0.712. The first-order chi connectivity index (χ1) is 15.8. The van der Waals surface area contributed by atoms with Crippen LogP contribution in [0.3, 0.4) is 0 Å². The largest absolute Gasteiger partial charge is 0.330 e. The van der Waals surface area contributed by atoms with E-state index in [0.717, 1.165) is 16.7 Å². The van der Waals surface area contributed by atoms with Crippen molar-refractivity contribution in [2.75, 3.05) is 6.54 Å². The van der Waals surface area contributed by atoms with E-state index in [1.54, 1.807) is 0 Å². The van der Waals surface area contributed by atoms with E-state index >= 15 is 0 Å². The zero-order valence-corrected chi connectivity index (χ0v) is 18.1. The monoisotopic (exact) mass is 420 g/mol. The number of nitrogens with zero attached hydrogens (tertiary/aromatic N) is 1. The number of benzene rings is 4. The average Bonchev–Trinajstić information content (AvgIpc) is 2.87. The van der Waals surface area contributed by atoms with Gasteiger partial charge in [-0.05, 0) is 34.7 Å². The summed E-state index contributed by atoms with van der Waals surface area (Å²) in [5.41, 5.74) is 11.2. The van der Waals surface area contributed by atoms with E-state index in [-0.39, 0.29) is 11.9 Å². The molecule has 0 aliphatic carbocycles. The molecule has 0 aliphatic heterocycles. The molecule has 3 heteroatoms. The number of hydrogen-bond donors (Lipinski definition) is 1. The van der Waals surface area contributed by atoms with Crippen LogP contribution in [0, 0.1) is 0 Å². The smallest absolute Gasteiger partial charge is 0.255 e. The molecule has 0 saturated carbocycles. The van der Waals surface area contributed by atoms with Crippen molar-refractivity contribution in [3.8, 4) is 11.1 Å². The fourth-order valence-electron chi connectivity index (χ4n) is 4.05. The fraction of sp³-hybridized carbons (Fsp3) is 0.138. The normalized spacial score (nSPS) is 11.7. The first-order valence-electron chi connectivity index (χ1n) is 11.0. The maximum Gasteiger partial charge on any atom is 0.255 e. The lowest BCUT2D eigenvalue weighted by molar-refractivity contribution is 0.0666. The lowest BCUT2D eigenvalue weighted by atomic mass is 9.97. The Hall–Kier alpha value is -3.69. The molecule has 4 rings (SSSR count). The highest BCUT2D eigenvalue weighted by molar-refractivity contribution is 6.01. The van der Waals surface area contributed by atoms with Gasteiger partial charge in [-0.1, -0.05) is 109 Å². The Balaban J connectivity index is 1.72. The summed E-state index contributed by atoms with van der Waals surface area (Å²) in [5.74, 6) is -0.000290. The van der Waals surface area contributed by atoms with Crippen molar-refractivity contribution in [1.29, 1.82) is 0 Å². The number of carbonyl (C=O) groups is 1. The van der Waals surface area contributed by atoms with Crippen LogP contribution in [0.4, 0.5) is 0 Å². The summed E-state index contributed by atoms with van der Waals surface area (Å²) < 4.78 is 0. The van der Waals surface area contributed by atoms with Gasteiger partial charge in [0.2, 0.25) is 0 Å². The van der Waals surface area contributed by atoms with Crippen LogP contribution in [-0.4, -0.2) is 23.4 Å². The summed E-state index contributed by atoms with van der Waals surface area (Å²) in [6.45, 7) is 0.901. The maximum atomic E-state index is 14.0. The van der Waals surface area contributed by atoms with Gasteiger partial charge < -0.3 is 10.6 Å². The highest BCUT2D eigenvalue weighted by Crippen LogP contribution is 2.26. The molecule has 32 heavy (non-hydrogen) atoms. The summed E-state index contributed by atoms with van der Waals surface area (Å²) in [6, 6.07) is 38.1. The molecule has 0 heterocycles. The maximum absolute atomic E-state index is 14.0. The van der Waals surface area contributed by atoms with Crippen molar-refractivity contribution in [2.45, 2.75) is 19.0 Å². The minimum Gasteiger partial charge on any atom is -0.330 e. The van der Waals surface area contributed by atoms with Gasteiger partial charge >= 0.3 is 0 Å². The first-order valence-corrected chi connectivity index (χ1v) is 11.0. The second-order valence-electron chi connectivity index (χ2n) is 7.91. The summed E-state index contributed by atoms with van der Waals surface area (Å²) in [7, 11) is 0. The van der Waals surface area contributed by atoms with Gasteiger partial charge in [0.1, 0.15) is 0 Å². The van der Waals surface area contributed by atoms with Crippen LogP contribution < -0.4 is 5.73 Å². The number of nitrogens with two attached hydrogens (primary N) is 1. The van der Waals surface area contributed by atoms with Crippen molar-refractivity contribution in [3.63, 3.8) is 0 Å². The SMILES string of the molecule is NCC(Cc1ccccc1)N(Cc1ccccc1)C(=O)c1ccccc1-c1ccccc1. The van der Waals surface area contributed by atoms with E-state index in [4.69, 9.17) is 5.73 Å². The van der Waals surface area contributed by atoms with Crippen LogP contribution in [0.5, 0.6) is 0 Å². The van der Waals surface area contributed by atoms with Crippen LogP contribution in [-0.2, 0) is 13.0 Å². The van der Waals surface area contributed by atoms with Gasteiger partial charge in [0, 0.05) is 24.7 Å². The van der Waals surface area contributed by atoms with Gasteiger partial charge in [0.05, 0.1) is 0 Å². The zero-order chi connectivity index (χ0) is 22.2. The van der Waals surface area contributed by atoms with Crippen molar-refractivity contribution >= 4 is 5.91 Å². The van der Waals surface area contributed by atoms with Crippen LogP contribution >= 0.6 is 0 Å². The van der Waals surface area contributed by atoms with Crippen molar-refractivity contribution in [1.82, 2.24) is 4.90 Å². The predicted octanol–water partition coefficient (Wildman–Crippen LogP) is 5.57. The summed E-state index contributed by atoms with van der Waals surface area (Å²) in [5, 5.41) is 0. The van der Waals surface area contributed by atoms with Crippen LogP contribution in [0.15, 0.2) is 115 Å². The van der Waals surface area contributed by atoms with Crippen molar-refractivity contribution in [2.24, 2.45) is 5.73 Å². The first kappa shape index (κ1) is 21.5. The van der Waals surface area contributed by atoms with E-state index in [0.29, 0.717) is 25.1 Å². The minimum absolute atomic E-state index is 0.000290. The quantitative estimate of drug-likeness (QED) is 0.405. The molecule has 0 aromatic heterocycles. The second-order valence-corrected chi connectivity index (χ2v) is 7.91. The number of rotatable bonds is 8. The van der Waals surface area contributed by atoms with Gasteiger partial charge in [-0.2, -0.15) is 0 Å². The van der Waals surface area contributed by atoms with E-state index in [9.17, 15) is 4.79 Å². The minimum atomic E-state index is -0.117. The standard InChI is InChI=1S/C29H28N2O/c30-21-26(20-23-12-4-1-5-13-23)31(22-24-14-6-2-7-15-24)29(32)28-19-11-10-18-27(28)25-16-8-3-9-17-25/h1-19,26H,20-22,30H2. The molecule has 4 aromatic rings. The lowest BCUT2D eigenvalue weighted by Gasteiger charge is -2.32. The Labute approximate surface area is 190 Å². The van der Waals surface area contributed by atoms with Crippen molar-refractivity contribution in [3.05, 3.63) is 132 Å². The fourth-order valence-corrected chi connectivity index (χ4v) is 4.05. The predicted molar refractivity (Wildman–Crippen MR) is 131 cm³/mol. The number of carbonyl (C=O) groups excluding carboxylic acids is 1. The Morgan fingerprint density at radius 1 is 0.688 bits per heavy atom. The van der Waals surface area contributed by atoms with E-state index in [2.05, 4.69) is 24.3 Å². The molecule has 0 spiro atoms. The molecule has 0 bridgehead atoms. The summed E-state index contributed by atoms with van der Waals surface area (Å²) >= 11 is 0. The highest BCUT2D eigenvalue weighted by Gasteiger charge is 2.26. The van der Waals surface area contributed by atoms with E-state index in [1.165, 1.54) is 5.56 Å². The Morgan fingerprint density at radius 3 is 1.84 bits per heavy atom. The van der Waals surface area contributed by atoms with Gasteiger partial charge in [0.25, 0.3) is 5.91 Å². The summed E-state index contributed by atoms with van der Waals surface area (Å²) in [4.78, 5) is 15.9. The van der Waals surface area contributed by atoms with Gasteiger partial charge in [-0.3, -0.25) is 4.79 Å². The molecule has 0 fully saturated rings. The Morgan fingerprint density at radius 2 is 1.22 bits per heavy atom. The third-order valence-corrected chi connectivity index (χ3v) is 5.73. The van der Waals surface area contributed by atoms with E-state index < -0.39 is 0 Å². The third kappa shape index (κ3) is 5.13. The molecule has 0 saturated heterocycles. The van der Waals surface area contributed by atoms with Crippen LogP contribution in [0.25, 0.3) is 11.1 Å². The molecule has 1 amide bonds. The molecule has 2 N–H and O–H groups in total. The Bertz CT molecular complexity index is 1130. The van der Waals surface area contributed by atoms with Gasteiger partial charge in [-0.15, -0.1) is 0 Å². The van der Waals surface area contributed by atoms with Crippen molar-refractivity contribution < 1.29 is 4.79 Å². The molecular formula is C29H28N2O. The third-order valence-electron chi connectivity index (χ3n) is 5.73. The van der Waals surface area contributed by atoms with Gasteiger partial charge in [0.15, 0.2) is 0 Å². The molecule has 1 unspecified atom stereocenters. The second kappa shape index (κ2) is 10.6. The highest BCUT2D eigenvalue weighted by atomic mass is 16.2. The molecule has 3 nitrogen and oxygen atoms in total. The molecule has 160 valence electrons. The molecule has 0 radical (unpaired) electrons. The van der Waals surface area contributed by atoms with Gasteiger partial charge in [-0.25, -0.2) is 0 Å². The lowest BCUT2D eigenvalue weighted by Crippen LogP contribution is -2.45. The average molecular weight is 421 g/mol. The molecule has 4 aromatic carbocycles.